The third kappa shape index (κ3) is 6.54. The van der Waals surface area contributed by atoms with Gasteiger partial charge in [0.15, 0.2) is 0 Å². The maximum Gasteiger partial charge on any atom is 0.236 e. The molecular formula is C9H20N2O2. The van der Waals surface area contributed by atoms with E-state index in [1.54, 1.807) is 7.11 Å². The molecule has 0 aliphatic heterocycles. The summed E-state index contributed by atoms with van der Waals surface area (Å²) in [5.41, 5.74) is 5.52. The Hall–Kier alpha value is -0.610. The summed E-state index contributed by atoms with van der Waals surface area (Å²) in [6, 6.07) is -0.359. The van der Waals surface area contributed by atoms with Crippen molar-refractivity contribution in [3.8, 4) is 0 Å². The van der Waals surface area contributed by atoms with E-state index in [4.69, 9.17) is 10.5 Å². The summed E-state index contributed by atoms with van der Waals surface area (Å²) in [7, 11) is 1.67. The summed E-state index contributed by atoms with van der Waals surface area (Å²) in [6.07, 6.45) is 2.60. The molecule has 0 rings (SSSR count). The van der Waals surface area contributed by atoms with E-state index in [-0.39, 0.29) is 11.9 Å². The number of carbonyl (C=O) groups is 1. The molecule has 78 valence electrons. The maximum absolute atomic E-state index is 11.1. The lowest BCUT2D eigenvalue weighted by atomic mass is 10.2. The molecule has 0 heterocycles. The molecule has 0 aliphatic rings. The van der Waals surface area contributed by atoms with E-state index < -0.39 is 0 Å². The van der Waals surface area contributed by atoms with Crippen LogP contribution in [0.4, 0.5) is 0 Å². The highest BCUT2D eigenvalue weighted by atomic mass is 16.5. The number of hydrogen-bond acceptors (Lipinski definition) is 3. The van der Waals surface area contributed by atoms with Crippen molar-refractivity contribution in [2.24, 2.45) is 5.73 Å². The largest absolute Gasteiger partial charge is 0.385 e. The first kappa shape index (κ1) is 12.4. The van der Waals surface area contributed by atoms with Crippen LogP contribution >= 0.6 is 0 Å². The molecule has 0 radical (unpaired) electrons. The van der Waals surface area contributed by atoms with Gasteiger partial charge in [-0.15, -0.1) is 0 Å². The van der Waals surface area contributed by atoms with E-state index in [0.717, 1.165) is 19.4 Å². The quantitative estimate of drug-likeness (QED) is 0.563. The van der Waals surface area contributed by atoms with Crippen LogP contribution in [0.15, 0.2) is 0 Å². The Balaban J connectivity index is 3.27. The molecule has 13 heavy (non-hydrogen) atoms. The summed E-state index contributed by atoms with van der Waals surface area (Å²) in [6.45, 7) is 3.33. The molecule has 0 saturated carbocycles. The third-order valence-corrected chi connectivity index (χ3v) is 1.85. The fourth-order valence-electron chi connectivity index (χ4n) is 0.899. The van der Waals surface area contributed by atoms with Crippen molar-refractivity contribution < 1.29 is 9.53 Å². The van der Waals surface area contributed by atoms with Gasteiger partial charge in [0.05, 0.1) is 6.04 Å². The Labute approximate surface area is 79.8 Å². The van der Waals surface area contributed by atoms with Gasteiger partial charge in [-0.1, -0.05) is 6.92 Å². The minimum Gasteiger partial charge on any atom is -0.385 e. The lowest BCUT2D eigenvalue weighted by Gasteiger charge is -2.09. The number of unbranched alkanes of at least 4 members (excludes halogenated alkanes) is 1. The molecule has 3 N–H and O–H groups in total. The number of amides is 1. The molecule has 4 nitrogen and oxygen atoms in total. The number of hydrogen-bond donors (Lipinski definition) is 2. The highest BCUT2D eigenvalue weighted by molar-refractivity contribution is 5.81. The fourth-order valence-corrected chi connectivity index (χ4v) is 0.899. The Morgan fingerprint density at radius 1 is 1.54 bits per heavy atom. The van der Waals surface area contributed by atoms with Crippen molar-refractivity contribution in [3.05, 3.63) is 0 Å². The van der Waals surface area contributed by atoms with E-state index >= 15 is 0 Å². The molecule has 0 bridgehead atoms. The van der Waals surface area contributed by atoms with Gasteiger partial charge in [0.1, 0.15) is 0 Å². The smallest absolute Gasteiger partial charge is 0.236 e. The van der Waals surface area contributed by atoms with Crippen LogP contribution in [0.3, 0.4) is 0 Å². The zero-order valence-corrected chi connectivity index (χ0v) is 8.51. The average Bonchev–Trinajstić information content (AvgIpc) is 2.16. The fraction of sp³-hybridized carbons (Fsp3) is 0.889. The molecule has 0 spiro atoms. The molecule has 0 aromatic heterocycles. The number of rotatable bonds is 7. The van der Waals surface area contributed by atoms with Crippen molar-refractivity contribution in [2.75, 3.05) is 20.3 Å². The predicted octanol–water partition coefficient (Wildman–Crippen LogP) is 0.267. The Kier molecular flexibility index (Phi) is 7.63. The van der Waals surface area contributed by atoms with Crippen molar-refractivity contribution in [1.82, 2.24) is 5.32 Å². The van der Waals surface area contributed by atoms with Crippen molar-refractivity contribution in [3.63, 3.8) is 0 Å². The Morgan fingerprint density at radius 3 is 2.77 bits per heavy atom. The lowest BCUT2D eigenvalue weighted by Crippen LogP contribution is -2.40. The van der Waals surface area contributed by atoms with Gasteiger partial charge in [-0.2, -0.15) is 0 Å². The average molecular weight is 188 g/mol. The number of nitrogens with one attached hydrogen (secondary N) is 1. The normalized spacial score (nSPS) is 12.5. The van der Waals surface area contributed by atoms with Crippen LogP contribution in [-0.2, 0) is 9.53 Å². The van der Waals surface area contributed by atoms with Gasteiger partial charge in [-0.3, -0.25) is 4.79 Å². The van der Waals surface area contributed by atoms with Gasteiger partial charge in [-0.25, -0.2) is 0 Å². The van der Waals surface area contributed by atoms with Gasteiger partial charge in [0, 0.05) is 20.3 Å². The Morgan fingerprint density at radius 2 is 2.23 bits per heavy atom. The molecule has 4 heteroatoms. The van der Waals surface area contributed by atoms with E-state index in [1.807, 2.05) is 6.92 Å². The van der Waals surface area contributed by atoms with Gasteiger partial charge < -0.3 is 15.8 Å². The van der Waals surface area contributed by atoms with Crippen LogP contribution < -0.4 is 11.1 Å². The van der Waals surface area contributed by atoms with Gasteiger partial charge >= 0.3 is 0 Å². The summed E-state index contributed by atoms with van der Waals surface area (Å²) in [4.78, 5) is 11.1. The van der Waals surface area contributed by atoms with Gasteiger partial charge in [0.2, 0.25) is 5.91 Å². The number of methoxy groups -OCH3 is 1. The van der Waals surface area contributed by atoms with Gasteiger partial charge in [-0.05, 0) is 19.3 Å². The van der Waals surface area contributed by atoms with Crippen molar-refractivity contribution >= 4 is 5.91 Å². The molecule has 0 aromatic rings. The Bertz CT molecular complexity index is 140. The zero-order chi connectivity index (χ0) is 10.1. The summed E-state index contributed by atoms with van der Waals surface area (Å²) in [5.74, 6) is -0.0556. The number of carbonyl (C=O) groups excluding carboxylic acids is 1. The second-order valence-corrected chi connectivity index (χ2v) is 3.01. The molecule has 0 aromatic carbocycles. The summed E-state index contributed by atoms with van der Waals surface area (Å²) in [5, 5.41) is 2.77. The van der Waals surface area contributed by atoms with E-state index in [2.05, 4.69) is 5.32 Å². The molecule has 1 amide bonds. The maximum atomic E-state index is 11.1. The van der Waals surface area contributed by atoms with Crippen molar-refractivity contribution in [1.29, 1.82) is 0 Å². The summed E-state index contributed by atoms with van der Waals surface area (Å²) < 4.78 is 4.88. The first-order valence-electron chi connectivity index (χ1n) is 4.74. The van der Waals surface area contributed by atoms with E-state index in [0.29, 0.717) is 13.0 Å². The van der Waals surface area contributed by atoms with Crippen LogP contribution in [0.1, 0.15) is 26.2 Å². The van der Waals surface area contributed by atoms with Gasteiger partial charge in [0.25, 0.3) is 0 Å². The van der Waals surface area contributed by atoms with Crippen LogP contribution in [0, 0.1) is 0 Å². The SMILES string of the molecule is CC[C@H](N)C(=O)NCCCCOC. The second-order valence-electron chi connectivity index (χ2n) is 3.01. The topological polar surface area (TPSA) is 64.4 Å². The molecule has 0 saturated heterocycles. The van der Waals surface area contributed by atoms with Crippen LogP contribution in [0.25, 0.3) is 0 Å². The molecule has 1 atom stereocenters. The monoisotopic (exact) mass is 188 g/mol. The van der Waals surface area contributed by atoms with Crippen LogP contribution in [0.2, 0.25) is 0 Å². The third-order valence-electron chi connectivity index (χ3n) is 1.85. The molecule has 0 aliphatic carbocycles. The highest BCUT2D eigenvalue weighted by Crippen LogP contribution is 1.89. The first-order chi connectivity index (χ1) is 6.22. The van der Waals surface area contributed by atoms with E-state index in [1.165, 1.54) is 0 Å². The molecule has 0 unspecified atom stereocenters. The minimum absolute atomic E-state index is 0.0556. The van der Waals surface area contributed by atoms with Crippen LogP contribution in [-0.4, -0.2) is 32.2 Å². The number of nitrogens with two attached hydrogens (primary N) is 1. The standard InChI is InChI=1S/C9H20N2O2/c1-3-8(10)9(12)11-6-4-5-7-13-2/h8H,3-7,10H2,1-2H3,(H,11,12)/t8-/m0/s1. The second kappa shape index (κ2) is 8.01. The predicted molar refractivity (Wildman–Crippen MR) is 52.4 cm³/mol. The number of ether oxygens (including phenoxy) is 1. The molecular weight excluding hydrogens is 168 g/mol. The molecule has 0 fully saturated rings. The summed E-state index contributed by atoms with van der Waals surface area (Å²) >= 11 is 0. The van der Waals surface area contributed by atoms with Crippen LogP contribution in [0.5, 0.6) is 0 Å². The highest BCUT2D eigenvalue weighted by Gasteiger charge is 2.08. The van der Waals surface area contributed by atoms with E-state index in [9.17, 15) is 4.79 Å². The minimum atomic E-state index is -0.359. The van der Waals surface area contributed by atoms with Crippen molar-refractivity contribution in [2.45, 2.75) is 32.2 Å². The zero-order valence-electron chi connectivity index (χ0n) is 8.51. The lowest BCUT2D eigenvalue weighted by molar-refractivity contribution is -0.122. The first-order valence-corrected chi connectivity index (χ1v) is 4.74.